The molecule has 0 saturated heterocycles. The number of anilines is 1. The molecule has 0 fully saturated rings. The molecule has 11 heteroatoms. The van der Waals surface area contributed by atoms with Gasteiger partial charge in [0.2, 0.25) is 0 Å². The first-order chi connectivity index (χ1) is 16.7. The van der Waals surface area contributed by atoms with Crippen molar-refractivity contribution in [2.24, 2.45) is 5.92 Å². The van der Waals surface area contributed by atoms with Gasteiger partial charge in [0.05, 0.1) is 24.6 Å². The molecule has 0 aliphatic carbocycles. The van der Waals surface area contributed by atoms with E-state index < -0.39 is 18.0 Å². The maximum atomic E-state index is 13.2. The molecule has 9 nitrogen and oxygen atoms in total. The highest BCUT2D eigenvalue weighted by atomic mass is 19.3. The molecule has 1 N–H and O–H groups in total. The normalized spacial score (nSPS) is 14.7. The van der Waals surface area contributed by atoms with Crippen LogP contribution in [0.1, 0.15) is 36.8 Å². The molecule has 1 aromatic heterocycles. The minimum Gasteiger partial charge on any atom is -0.490 e. The monoisotopic (exact) mass is 496 g/mol. The molecule has 3 rings (SSSR count). The minimum absolute atomic E-state index is 0.0223. The number of pyridine rings is 1. The van der Waals surface area contributed by atoms with Crippen LogP contribution in [0.3, 0.4) is 0 Å². The summed E-state index contributed by atoms with van der Waals surface area (Å²) >= 11 is 0. The van der Waals surface area contributed by atoms with Crippen molar-refractivity contribution >= 4 is 11.7 Å². The molecular formula is C24H30F2N2O7. The Bertz CT molecular complexity index is 1100. The van der Waals surface area contributed by atoms with Crippen molar-refractivity contribution in [3.05, 3.63) is 40.2 Å². The summed E-state index contributed by atoms with van der Waals surface area (Å²) in [5.74, 6) is -1.43. The van der Waals surface area contributed by atoms with Gasteiger partial charge in [0.1, 0.15) is 11.7 Å². The SMILES string of the molecule is COCCCOc1cc2c(cc1OC(F)F)-c1cc(=O)c(C(=O)O)cn1C(C(C)C)N2CCOC. The quantitative estimate of drug-likeness (QED) is 0.443. The van der Waals surface area contributed by atoms with Crippen LogP contribution in [0.4, 0.5) is 14.5 Å². The van der Waals surface area contributed by atoms with Crippen LogP contribution in [0, 0.1) is 5.92 Å². The number of aromatic nitrogens is 1. The van der Waals surface area contributed by atoms with Gasteiger partial charge in [-0.15, -0.1) is 0 Å². The third kappa shape index (κ3) is 5.73. The molecule has 1 aliphatic heterocycles. The predicted molar refractivity (Wildman–Crippen MR) is 125 cm³/mol. The lowest BCUT2D eigenvalue weighted by molar-refractivity contribution is -0.0515. The van der Waals surface area contributed by atoms with Gasteiger partial charge in [0, 0.05) is 57.7 Å². The first-order valence-electron chi connectivity index (χ1n) is 11.2. The topological polar surface area (TPSA) is 99.5 Å². The number of carboxylic acid groups (broad SMARTS) is 1. The van der Waals surface area contributed by atoms with Crippen molar-refractivity contribution in [1.82, 2.24) is 4.57 Å². The van der Waals surface area contributed by atoms with Gasteiger partial charge in [-0.25, -0.2) is 4.79 Å². The molecule has 1 atom stereocenters. The number of rotatable bonds is 12. The Morgan fingerprint density at radius 1 is 1.09 bits per heavy atom. The zero-order valence-electron chi connectivity index (χ0n) is 20.1. The first-order valence-corrected chi connectivity index (χ1v) is 11.2. The van der Waals surface area contributed by atoms with Gasteiger partial charge < -0.3 is 33.5 Å². The number of hydrogen-bond donors (Lipinski definition) is 1. The summed E-state index contributed by atoms with van der Waals surface area (Å²) < 4.78 is 49.0. The summed E-state index contributed by atoms with van der Waals surface area (Å²) in [6, 6.07) is 4.23. The van der Waals surface area contributed by atoms with Crippen molar-refractivity contribution in [2.75, 3.05) is 45.5 Å². The fourth-order valence-electron chi connectivity index (χ4n) is 4.24. The van der Waals surface area contributed by atoms with Crippen molar-refractivity contribution in [3.8, 4) is 22.8 Å². The number of hydrogen-bond acceptors (Lipinski definition) is 7. The van der Waals surface area contributed by atoms with Crippen LogP contribution in [-0.2, 0) is 9.47 Å². The average molecular weight is 497 g/mol. The van der Waals surface area contributed by atoms with Gasteiger partial charge in [0.15, 0.2) is 16.9 Å². The number of carboxylic acids is 1. The average Bonchev–Trinajstić information content (AvgIpc) is 2.79. The molecule has 35 heavy (non-hydrogen) atoms. The van der Waals surface area contributed by atoms with Crippen LogP contribution >= 0.6 is 0 Å². The number of aromatic carboxylic acids is 1. The summed E-state index contributed by atoms with van der Waals surface area (Å²) in [6.45, 7) is 2.26. The zero-order chi connectivity index (χ0) is 25.7. The Morgan fingerprint density at radius 3 is 2.40 bits per heavy atom. The molecule has 1 unspecified atom stereocenters. The Morgan fingerprint density at radius 2 is 1.80 bits per heavy atom. The molecular weight excluding hydrogens is 466 g/mol. The number of fused-ring (bicyclic) bond motifs is 3. The van der Waals surface area contributed by atoms with Crippen molar-refractivity contribution < 1.29 is 37.6 Å². The third-order valence-electron chi connectivity index (χ3n) is 5.66. The first kappa shape index (κ1) is 26.4. The molecule has 2 aromatic rings. The lowest BCUT2D eigenvalue weighted by Gasteiger charge is -2.44. The predicted octanol–water partition coefficient (Wildman–Crippen LogP) is 3.85. The lowest BCUT2D eigenvalue weighted by Crippen LogP contribution is -2.42. The van der Waals surface area contributed by atoms with Gasteiger partial charge >= 0.3 is 12.6 Å². The van der Waals surface area contributed by atoms with Gasteiger partial charge in [0.25, 0.3) is 0 Å². The van der Waals surface area contributed by atoms with E-state index in [0.29, 0.717) is 43.1 Å². The molecule has 0 bridgehead atoms. The highest BCUT2D eigenvalue weighted by Crippen LogP contribution is 2.47. The number of methoxy groups -OCH3 is 2. The summed E-state index contributed by atoms with van der Waals surface area (Å²) in [7, 11) is 3.12. The summed E-state index contributed by atoms with van der Waals surface area (Å²) in [4.78, 5) is 26.3. The van der Waals surface area contributed by atoms with Crippen LogP contribution in [0.15, 0.2) is 29.2 Å². The largest absolute Gasteiger partial charge is 0.490 e. The molecule has 2 heterocycles. The molecule has 0 amide bonds. The van der Waals surface area contributed by atoms with Crippen molar-refractivity contribution in [1.29, 1.82) is 0 Å². The van der Waals surface area contributed by atoms with Crippen LogP contribution in [-0.4, -0.2) is 62.8 Å². The summed E-state index contributed by atoms with van der Waals surface area (Å²) in [5.41, 5.74) is 0.404. The molecule has 0 radical (unpaired) electrons. The van der Waals surface area contributed by atoms with E-state index in [1.165, 1.54) is 18.3 Å². The fraction of sp³-hybridized carbons (Fsp3) is 0.500. The molecule has 1 aromatic carbocycles. The smallest absolute Gasteiger partial charge is 0.387 e. The number of benzene rings is 1. The highest BCUT2D eigenvalue weighted by Gasteiger charge is 2.35. The molecule has 1 aliphatic rings. The number of carbonyl (C=O) groups is 1. The van der Waals surface area contributed by atoms with Crippen molar-refractivity contribution in [2.45, 2.75) is 33.0 Å². The number of nitrogens with zero attached hydrogens (tertiary/aromatic N) is 2. The molecule has 0 saturated carbocycles. The highest BCUT2D eigenvalue weighted by molar-refractivity contribution is 5.89. The van der Waals surface area contributed by atoms with Crippen LogP contribution in [0.25, 0.3) is 11.3 Å². The number of ether oxygens (including phenoxy) is 4. The lowest BCUT2D eigenvalue weighted by atomic mass is 9.97. The van der Waals surface area contributed by atoms with Gasteiger partial charge in [-0.1, -0.05) is 13.8 Å². The Labute approximate surface area is 201 Å². The van der Waals surface area contributed by atoms with E-state index in [9.17, 15) is 23.5 Å². The Balaban J connectivity index is 2.25. The van der Waals surface area contributed by atoms with Gasteiger partial charge in [-0.2, -0.15) is 8.78 Å². The Kier molecular flexibility index (Phi) is 8.68. The second-order valence-electron chi connectivity index (χ2n) is 8.38. The summed E-state index contributed by atoms with van der Waals surface area (Å²) in [6.07, 6.45) is 1.46. The fourth-order valence-corrected chi connectivity index (χ4v) is 4.24. The van der Waals surface area contributed by atoms with Crippen LogP contribution < -0.4 is 19.8 Å². The van der Waals surface area contributed by atoms with E-state index in [2.05, 4.69) is 0 Å². The standard InChI is InChI=1S/C24H30F2N2O7/c1-14(2)22-27(6-9-33-4)18-12-20(34-8-5-7-32-3)21(35-24(25)26)10-15(18)17-11-19(29)16(23(30)31)13-28(17)22/h10-14,22,24H,5-9H2,1-4H3,(H,30,31). The second kappa shape index (κ2) is 11.5. The minimum atomic E-state index is -3.09. The summed E-state index contributed by atoms with van der Waals surface area (Å²) in [5, 5.41) is 9.52. The van der Waals surface area contributed by atoms with Crippen LogP contribution in [0.2, 0.25) is 0 Å². The maximum Gasteiger partial charge on any atom is 0.387 e. The zero-order valence-corrected chi connectivity index (χ0v) is 20.1. The van der Waals surface area contributed by atoms with Crippen LogP contribution in [0.5, 0.6) is 11.5 Å². The molecule has 0 spiro atoms. The van der Waals surface area contributed by atoms with E-state index in [0.717, 1.165) is 0 Å². The van der Waals surface area contributed by atoms with E-state index in [1.807, 2.05) is 18.7 Å². The number of alkyl halides is 2. The van der Waals surface area contributed by atoms with E-state index in [-0.39, 0.29) is 35.8 Å². The third-order valence-corrected chi connectivity index (χ3v) is 5.66. The maximum absolute atomic E-state index is 13.2. The van der Waals surface area contributed by atoms with Gasteiger partial charge in [-0.3, -0.25) is 4.79 Å². The number of halogens is 2. The van der Waals surface area contributed by atoms with E-state index in [4.69, 9.17) is 18.9 Å². The second-order valence-corrected chi connectivity index (χ2v) is 8.38. The van der Waals surface area contributed by atoms with E-state index >= 15 is 0 Å². The Hall–Kier alpha value is -3.18. The molecule has 192 valence electrons. The van der Waals surface area contributed by atoms with Crippen molar-refractivity contribution in [3.63, 3.8) is 0 Å². The van der Waals surface area contributed by atoms with E-state index in [1.54, 1.807) is 24.9 Å². The van der Waals surface area contributed by atoms with Gasteiger partial charge in [-0.05, 0) is 12.0 Å².